The van der Waals surface area contributed by atoms with Crippen LogP contribution in [0.15, 0.2) is 30.5 Å². The first-order valence-electron chi connectivity index (χ1n) is 7.03. The van der Waals surface area contributed by atoms with Gasteiger partial charge in [0.15, 0.2) is 5.69 Å². The molecule has 10 nitrogen and oxygen atoms in total. The SMILES string of the molecule is CN(CCCC(=O)O)C(=O)c1cn(-c2cccc([N+](=O)[O-])c2)nn1. The fraction of sp³-hybridized carbons (Fsp3) is 0.286. The maximum atomic E-state index is 12.2. The third kappa shape index (κ3) is 4.12. The molecule has 0 aliphatic rings. The zero-order chi connectivity index (χ0) is 17.7. The van der Waals surface area contributed by atoms with Gasteiger partial charge in [0.2, 0.25) is 0 Å². The minimum Gasteiger partial charge on any atom is -0.481 e. The lowest BCUT2D eigenvalue weighted by Crippen LogP contribution is -2.28. The van der Waals surface area contributed by atoms with Crippen LogP contribution in [0.2, 0.25) is 0 Å². The van der Waals surface area contributed by atoms with E-state index in [1.54, 1.807) is 6.07 Å². The second-order valence-corrected chi connectivity index (χ2v) is 5.05. The Morgan fingerprint density at radius 1 is 1.42 bits per heavy atom. The van der Waals surface area contributed by atoms with Gasteiger partial charge in [-0.2, -0.15) is 0 Å². The van der Waals surface area contributed by atoms with Crippen LogP contribution in [0.5, 0.6) is 0 Å². The highest BCUT2D eigenvalue weighted by molar-refractivity contribution is 5.91. The average molecular weight is 333 g/mol. The molecule has 10 heteroatoms. The lowest BCUT2D eigenvalue weighted by molar-refractivity contribution is -0.384. The van der Waals surface area contributed by atoms with E-state index in [1.165, 1.54) is 41.0 Å². The van der Waals surface area contributed by atoms with Crippen LogP contribution in [0.25, 0.3) is 5.69 Å². The zero-order valence-corrected chi connectivity index (χ0v) is 12.8. The molecule has 1 amide bonds. The topological polar surface area (TPSA) is 131 Å². The van der Waals surface area contributed by atoms with Gasteiger partial charge in [0.1, 0.15) is 0 Å². The Bertz CT molecular complexity index is 772. The number of non-ortho nitro benzene ring substituents is 1. The highest BCUT2D eigenvalue weighted by Gasteiger charge is 2.17. The van der Waals surface area contributed by atoms with Crippen molar-refractivity contribution in [2.45, 2.75) is 12.8 Å². The van der Waals surface area contributed by atoms with Gasteiger partial charge in [-0.3, -0.25) is 19.7 Å². The van der Waals surface area contributed by atoms with E-state index in [0.29, 0.717) is 12.1 Å². The molecule has 0 aliphatic heterocycles. The molecule has 0 aliphatic carbocycles. The summed E-state index contributed by atoms with van der Waals surface area (Å²) >= 11 is 0. The number of nitro groups is 1. The minimum atomic E-state index is -0.924. The van der Waals surface area contributed by atoms with Gasteiger partial charge in [-0.1, -0.05) is 11.3 Å². The van der Waals surface area contributed by atoms with Crippen LogP contribution < -0.4 is 0 Å². The molecule has 0 saturated carbocycles. The maximum absolute atomic E-state index is 12.2. The quantitative estimate of drug-likeness (QED) is 0.593. The molecule has 0 bridgehead atoms. The van der Waals surface area contributed by atoms with E-state index in [4.69, 9.17) is 5.11 Å². The summed E-state index contributed by atoms with van der Waals surface area (Å²) in [6.45, 7) is 0.273. The molecular weight excluding hydrogens is 318 g/mol. The van der Waals surface area contributed by atoms with Gasteiger partial charge in [0, 0.05) is 32.1 Å². The molecule has 0 fully saturated rings. The summed E-state index contributed by atoms with van der Waals surface area (Å²) in [6.07, 6.45) is 1.67. The second-order valence-electron chi connectivity index (χ2n) is 5.05. The van der Waals surface area contributed by atoms with Crippen molar-refractivity contribution in [3.63, 3.8) is 0 Å². The van der Waals surface area contributed by atoms with E-state index in [0.717, 1.165) is 0 Å². The number of nitrogens with zero attached hydrogens (tertiary/aromatic N) is 5. The van der Waals surface area contributed by atoms with Crippen molar-refractivity contribution in [2.24, 2.45) is 0 Å². The smallest absolute Gasteiger partial charge is 0.303 e. The number of carbonyl (C=O) groups is 2. The number of aromatic nitrogens is 3. The molecule has 2 aromatic rings. The Labute approximate surface area is 136 Å². The summed E-state index contributed by atoms with van der Waals surface area (Å²) in [5.74, 6) is -1.33. The summed E-state index contributed by atoms with van der Waals surface area (Å²) in [5, 5.41) is 27.0. The van der Waals surface area contributed by atoms with Crippen molar-refractivity contribution in [2.75, 3.05) is 13.6 Å². The van der Waals surface area contributed by atoms with Crippen molar-refractivity contribution in [1.29, 1.82) is 0 Å². The van der Waals surface area contributed by atoms with E-state index in [1.807, 2.05) is 0 Å². The van der Waals surface area contributed by atoms with Gasteiger partial charge in [0.25, 0.3) is 11.6 Å². The third-order valence-electron chi connectivity index (χ3n) is 3.25. The Kier molecular flexibility index (Phi) is 5.20. The molecule has 1 heterocycles. The third-order valence-corrected chi connectivity index (χ3v) is 3.25. The largest absolute Gasteiger partial charge is 0.481 e. The van der Waals surface area contributed by atoms with Crippen LogP contribution in [0.1, 0.15) is 23.3 Å². The predicted molar refractivity (Wildman–Crippen MR) is 81.8 cm³/mol. The zero-order valence-electron chi connectivity index (χ0n) is 12.8. The van der Waals surface area contributed by atoms with Crippen LogP contribution >= 0.6 is 0 Å². The molecule has 1 aromatic carbocycles. The minimum absolute atomic E-state index is 0.0298. The number of carboxylic acid groups (broad SMARTS) is 1. The standard InChI is InChI=1S/C14H15N5O5/c1-17(7-3-6-13(20)21)14(22)12-9-18(16-15-12)10-4-2-5-11(8-10)19(23)24/h2,4-5,8-9H,3,6-7H2,1H3,(H,20,21). The van der Waals surface area contributed by atoms with Crippen LogP contribution in [0, 0.1) is 10.1 Å². The summed E-state index contributed by atoms with van der Waals surface area (Å²) < 4.78 is 1.27. The van der Waals surface area contributed by atoms with E-state index >= 15 is 0 Å². The van der Waals surface area contributed by atoms with Crippen molar-refractivity contribution in [3.8, 4) is 5.69 Å². The van der Waals surface area contributed by atoms with Crippen LogP contribution in [0.3, 0.4) is 0 Å². The van der Waals surface area contributed by atoms with Gasteiger partial charge in [-0.25, -0.2) is 4.68 Å². The molecule has 1 aromatic heterocycles. The van der Waals surface area contributed by atoms with E-state index in [2.05, 4.69) is 10.3 Å². The van der Waals surface area contributed by atoms with Crippen LogP contribution in [0.4, 0.5) is 5.69 Å². The molecule has 0 atom stereocenters. The van der Waals surface area contributed by atoms with Crippen LogP contribution in [-0.4, -0.2) is 55.4 Å². The molecule has 0 radical (unpaired) electrons. The highest BCUT2D eigenvalue weighted by atomic mass is 16.6. The van der Waals surface area contributed by atoms with Crippen molar-refractivity contribution < 1.29 is 19.6 Å². The number of benzene rings is 1. The van der Waals surface area contributed by atoms with Crippen molar-refractivity contribution >= 4 is 17.6 Å². The molecule has 0 unspecified atom stereocenters. The Balaban J connectivity index is 2.09. The first kappa shape index (κ1) is 17.1. The van der Waals surface area contributed by atoms with Crippen molar-refractivity contribution in [1.82, 2.24) is 19.9 Å². The lowest BCUT2D eigenvalue weighted by atomic mass is 10.3. The normalized spacial score (nSPS) is 10.4. The van der Waals surface area contributed by atoms with Gasteiger partial charge in [-0.15, -0.1) is 5.10 Å². The van der Waals surface area contributed by atoms with Gasteiger partial charge in [-0.05, 0) is 12.5 Å². The predicted octanol–water partition coefficient (Wildman–Crippen LogP) is 1.11. The Hall–Kier alpha value is -3.30. The number of carbonyl (C=O) groups excluding carboxylic acids is 1. The first-order chi connectivity index (χ1) is 11.4. The molecule has 0 saturated heterocycles. The highest BCUT2D eigenvalue weighted by Crippen LogP contribution is 2.16. The first-order valence-corrected chi connectivity index (χ1v) is 7.03. The van der Waals surface area contributed by atoms with Gasteiger partial charge >= 0.3 is 5.97 Å². The lowest BCUT2D eigenvalue weighted by Gasteiger charge is -2.14. The van der Waals surface area contributed by atoms with Crippen molar-refractivity contribution in [3.05, 3.63) is 46.3 Å². The number of carboxylic acids is 1. The summed E-state index contributed by atoms with van der Waals surface area (Å²) in [6, 6.07) is 5.78. The Morgan fingerprint density at radius 2 is 2.17 bits per heavy atom. The summed E-state index contributed by atoms with van der Waals surface area (Å²) in [7, 11) is 1.54. The maximum Gasteiger partial charge on any atom is 0.303 e. The summed E-state index contributed by atoms with van der Waals surface area (Å²) in [5.41, 5.74) is 0.380. The Morgan fingerprint density at radius 3 is 2.83 bits per heavy atom. The second kappa shape index (κ2) is 7.31. The molecule has 126 valence electrons. The fourth-order valence-corrected chi connectivity index (χ4v) is 2.00. The molecular formula is C14H15N5O5. The number of amides is 1. The fourth-order valence-electron chi connectivity index (χ4n) is 2.00. The number of rotatable bonds is 7. The van der Waals surface area contributed by atoms with Gasteiger partial charge in [0.05, 0.1) is 16.8 Å². The molecule has 0 spiro atoms. The molecule has 1 N–H and O–H groups in total. The van der Waals surface area contributed by atoms with E-state index < -0.39 is 16.8 Å². The molecule has 24 heavy (non-hydrogen) atoms. The number of hydrogen-bond donors (Lipinski definition) is 1. The monoisotopic (exact) mass is 333 g/mol. The number of aliphatic carboxylic acids is 1. The number of hydrogen-bond acceptors (Lipinski definition) is 6. The van der Waals surface area contributed by atoms with Gasteiger partial charge < -0.3 is 10.0 Å². The average Bonchev–Trinajstić information content (AvgIpc) is 3.03. The van der Waals surface area contributed by atoms with Crippen LogP contribution in [-0.2, 0) is 4.79 Å². The number of nitro benzene ring substituents is 1. The van der Waals surface area contributed by atoms with E-state index in [-0.39, 0.29) is 24.3 Å². The van der Waals surface area contributed by atoms with E-state index in [9.17, 15) is 19.7 Å². The summed E-state index contributed by atoms with van der Waals surface area (Å²) in [4.78, 5) is 34.3. The molecule has 2 rings (SSSR count).